The lowest BCUT2D eigenvalue weighted by molar-refractivity contribution is 0.899. The van der Waals surface area contributed by atoms with E-state index in [9.17, 15) is 0 Å². The molecule has 1 nitrogen and oxygen atoms in total. The number of nitrogens with zero attached hydrogens (tertiary/aromatic N) is 1. The standard InChI is InChI=1S/C13H17NS/c1-4-14-13-12(9(2)3)11-7-5-6-10(11)8-15-13/h4H,1,5-8H2,2-3H3/b14-13+. The van der Waals surface area contributed by atoms with Gasteiger partial charge in [0, 0.05) is 17.5 Å². The zero-order valence-corrected chi connectivity index (χ0v) is 10.3. The van der Waals surface area contributed by atoms with Gasteiger partial charge in [0.2, 0.25) is 0 Å². The summed E-state index contributed by atoms with van der Waals surface area (Å²) in [6.07, 6.45) is 5.52. The Bertz CT molecular complexity index is 381. The van der Waals surface area contributed by atoms with E-state index in [2.05, 4.69) is 25.4 Å². The molecule has 0 aromatic rings. The Kier molecular flexibility index (Phi) is 3.15. The first-order valence-corrected chi connectivity index (χ1v) is 6.43. The highest BCUT2D eigenvalue weighted by Gasteiger charge is 2.26. The van der Waals surface area contributed by atoms with Crippen molar-refractivity contribution in [3.8, 4) is 0 Å². The Morgan fingerprint density at radius 2 is 2.20 bits per heavy atom. The van der Waals surface area contributed by atoms with Gasteiger partial charge < -0.3 is 0 Å². The molecule has 0 unspecified atom stereocenters. The van der Waals surface area contributed by atoms with Crippen LogP contribution in [-0.2, 0) is 0 Å². The van der Waals surface area contributed by atoms with E-state index in [4.69, 9.17) is 0 Å². The van der Waals surface area contributed by atoms with Gasteiger partial charge in [0.05, 0.1) is 0 Å². The third-order valence-electron chi connectivity index (χ3n) is 2.94. The molecule has 0 atom stereocenters. The fourth-order valence-electron chi connectivity index (χ4n) is 2.32. The average Bonchev–Trinajstić information content (AvgIpc) is 2.64. The van der Waals surface area contributed by atoms with E-state index in [0.717, 1.165) is 5.75 Å². The topological polar surface area (TPSA) is 12.4 Å². The van der Waals surface area contributed by atoms with Crippen LogP contribution in [0.1, 0.15) is 33.1 Å². The maximum absolute atomic E-state index is 4.40. The van der Waals surface area contributed by atoms with Crippen molar-refractivity contribution in [2.75, 3.05) is 5.75 Å². The Hall–Kier alpha value is -0.760. The molecule has 1 heterocycles. The van der Waals surface area contributed by atoms with Crippen molar-refractivity contribution in [3.05, 3.63) is 35.1 Å². The number of allylic oxidation sites excluding steroid dienone is 2. The van der Waals surface area contributed by atoms with Gasteiger partial charge in [0.15, 0.2) is 0 Å². The van der Waals surface area contributed by atoms with Crippen LogP contribution in [0.5, 0.6) is 0 Å². The number of thioether (sulfide) groups is 1. The molecule has 0 saturated heterocycles. The van der Waals surface area contributed by atoms with Gasteiger partial charge in [-0.3, -0.25) is 0 Å². The zero-order chi connectivity index (χ0) is 10.8. The molecule has 80 valence electrons. The van der Waals surface area contributed by atoms with E-state index < -0.39 is 0 Å². The molecule has 0 amide bonds. The molecule has 0 saturated carbocycles. The molecule has 2 heteroatoms. The van der Waals surface area contributed by atoms with Crippen molar-refractivity contribution in [2.24, 2.45) is 4.99 Å². The number of hydrogen-bond acceptors (Lipinski definition) is 2. The molecule has 0 aromatic carbocycles. The molecular weight excluding hydrogens is 202 g/mol. The number of rotatable bonds is 1. The van der Waals surface area contributed by atoms with Crippen molar-refractivity contribution in [2.45, 2.75) is 33.1 Å². The van der Waals surface area contributed by atoms with Crippen molar-refractivity contribution in [3.63, 3.8) is 0 Å². The molecule has 1 aliphatic carbocycles. The molecule has 0 fully saturated rings. The summed E-state index contributed by atoms with van der Waals surface area (Å²) in [6.45, 7) is 8.06. The normalized spacial score (nSPS) is 23.3. The van der Waals surface area contributed by atoms with Crippen molar-refractivity contribution >= 4 is 16.8 Å². The first-order chi connectivity index (χ1) is 7.24. The predicted molar refractivity (Wildman–Crippen MR) is 69.3 cm³/mol. The van der Waals surface area contributed by atoms with Crippen LogP contribution in [0.15, 0.2) is 40.1 Å². The summed E-state index contributed by atoms with van der Waals surface area (Å²) in [4.78, 5) is 4.40. The Morgan fingerprint density at radius 1 is 1.40 bits per heavy atom. The lowest BCUT2D eigenvalue weighted by Gasteiger charge is -2.21. The van der Waals surface area contributed by atoms with Crippen molar-refractivity contribution < 1.29 is 0 Å². The van der Waals surface area contributed by atoms with Gasteiger partial charge in [-0.1, -0.05) is 17.7 Å². The Labute approximate surface area is 96.1 Å². The second-order valence-corrected chi connectivity index (χ2v) is 5.18. The highest BCUT2D eigenvalue weighted by molar-refractivity contribution is 8.14. The third kappa shape index (κ3) is 1.96. The molecular formula is C13H17NS. The minimum atomic E-state index is 1.14. The van der Waals surface area contributed by atoms with Gasteiger partial charge in [-0.15, -0.1) is 11.8 Å². The van der Waals surface area contributed by atoms with Gasteiger partial charge in [0.25, 0.3) is 0 Å². The van der Waals surface area contributed by atoms with Gasteiger partial charge >= 0.3 is 0 Å². The summed E-state index contributed by atoms with van der Waals surface area (Å²) in [5.74, 6) is 1.14. The summed E-state index contributed by atoms with van der Waals surface area (Å²) in [5, 5.41) is 1.17. The summed E-state index contributed by atoms with van der Waals surface area (Å²) in [6, 6.07) is 0. The van der Waals surface area contributed by atoms with Gasteiger partial charge in [-0.2, -0.15) is 0 Å². The predicted octanol–water partition coefficient (Wildman–Crippen LogP) is 4.09. The van der Waals surface area contributed by atoms with Gasteiger partial charge in [-0.05, 0) is 38.7 Å². The van der Waals surface area contributed by atoms with Crippen LogP contribution in [0.25, 0.3) is 0 Å². The minimum absolute atomic E-state index is 1.14. The zero-order valence-electron chi connectivity index (χ0n) is 9.47. The fourth-order valence-corrected chi connectivity index (χ4v) is 3.57. The average molecular weight is 219 g/mol. The van der Waals surface area contributed by atoms with Crippen LogP contribution < -0.4 is 0 Å². The van der Waals surface area contributed by atoms with E-state index in [1.165, 1.54) is 35.5 Å². The van der Waals surface area contributed by atoms with Crippen LogP contribution in [0.4, 0.5) is 0 Å². The van der Waals surface area contributed by atoms with Crippen LogP contribution in [0, 0.1) is 0 Å². The maximum atomic E-state index is 4.40. The molecule has 1 aliphatic heterocycles. The summed E-state index contributed by atoms with van der Waals surface area (Å²) in [7, 11) is 0. The van der Waals surface area contributed by atoms with Gasteiger partial charge in [0.1, 0.15) is 5.04 Å². The molecule has 2 rings (SSSR count). The van der Waals surface area contributed by atoms with E-state index in [1.807, 2.05) is 11.8 Å². The van der Waals surface area contributed by atoms with Crippen LogP contribution in [-0.4, -0.2) is 10.8 Å². The maximum Gasteiger partial charge on any atom is 0.104 e. The Balaban J connectivity index is 2.48. The molecule has 0 radical (unpaired) electrons. The quantitative estimate of drug-likeness (QED) is 0.647. The SMILES string of the molecule is C=C/N=C1/SCC2=C(CCC2)C1=C(C)C. The second-order valence-electron chi connectivity index (χ2n) is 4.22. The molecule has 0 bridgehead atoms. The fraction of sp³-hybridized carbons (Fsp3) is 0.462. The van der Waals surface area contributed by atoms with Crippen LogP contribution in [0.3, 0.4) is 0 Å². The van der Waals surface area contributed by atoms with Crippen LogP contribution in [0.2, 0.25) is 0 Å². The van der Waals surface area contributed by atoms with Gasteiger partial charge in [-0.25, -0.2) is 4.99 Å². The van der Waals surface area contributed by atoms with Crippen molar-refractivity contribution in [1.82, 2.24) is 0 Å². The number of hydrogen-bond donors (Lipinski definition) is 0. The smallest absolute Gasteiger partial charge is 0.104 e. The first-order valence-electron chi connectivity index (χ1n) is 5.44. The van der Waals surface area contributed by atoms with Crippen LogP contribution >= 0.6 is 11.8 Å². The molecule has 0 aromatic heterocycles. The number of aliphatic imine (C=N–C) groups is 1. The summed E-state index contributed by atoms with van der Waals surface area (Å²) >= 11 is 1.86. The minimum Gasteiger partial charge on any atom is -0.250 e. The van der Waals surface area contributed by atoms with E-state index >= 15 is 0 Å². The molecule has 0 spiro atoms. The van der Waals surface area contributed by atoms with E-state index in [-0.39, 0.29) is 0 Å². The highest BCUT2D eigenvalue weighted by Crippen LogP contribution is 2.41. The Morgan fingerprint density at radius 3 is 2.87 bits per heavy atom. The highest BCUT2D eigenvalue weighted by atomic mass is 32.2. The van der Waals surface area contributed by atoms with Crippen molar-refractivity contribution in [1.29, 1.82) is 0 Å². The van der Waals surface area contributed by atoms with E-state index in [0.29, 0.717) is 0 Å². The lowest BCUT2D eigenvalue weighted by atomic mass is 9.99. The lowest BCUT2D eigenvalue weighted by Crippen LogP contribution is -2.10. The molecule has 0 N–H and O–H groups in total. The largest absolute Gasteiger partial charge is 0.250 e. The molecule has 15 heavy (non-hydrogen) atoms. The van der Waals surface area contributed by atoms with E-state index in [1.54, 1.807) is 17.3 Å². The summed E-state index contributed by atoms with van der Waals surface area (Å²) < 4.78 is 0. The summed E-state index contributed by atoms with van der Waals surface area (Å²) in [5.41, 5.74) is 6.02. The molecule has 2 aliphatic rings. The first kappa shape index (κ1) is 10.7. The monoisotopic (exact) mass is 219 g/mol. The second kappa shape index (κ2) is 4.40. The third-order valence-corrected chi connectivity index (χ3v) is 4.02.